The van der Waals surface area contributed by atoms with Crippen LogP contribution in [0.5, 0.6) is 0 Å². The molecular formula is C11H7Cl3. The monoisotopic (exact) mass is 244 g/mol. The van der Waals surface area contributed by atoms with Crippen LogP contribution in [0.15, 0.2) is 42.5 Å². The average Bonchev–Trinajstić information content (AvgIpc) is 2.16. The smallest absolute Gasteiger partial charge is 0.0784 e. The van der Waals surface area contributed by atoms with E-state index in [-0.39, 0.29) is 0 Å². The summed E-state index contributed by atoms with van der Waals surface area (Å²) in [6, 6.07) is 13.6. The molecule has 0 heterocycles. The quantitative estimate of drug-likeness (QED) is 0.592. The van der Waals surface area contributed by atoms with Crippen LogP contribution in [-0.2, 0) is 3.79 Å². The molecule has 14 heavy (non-hydrogen) atoms. The van der Waals surface area contributed by atoms with Crippen molar-refractivity contribution in [3.63, 3.8) is 0 Å². The van der Waals surface area contributed by atoms with E-state index in [9.17, 15) is 0 Å². The van der Waals surface area contributed by atoms with E-state index in [1.54, 1.807) is 0 Å². The SMILES string of the molecule is ClC(Cl)(Cl)c1ccc2ccccc2c1. The van der Waals surface area contributed by atoms with Crippen LogP contribution >= 0.6 is 34.8 Å². The maximum Gasteiger partial charge on any atom is 0.216 e. The molecule has 0 bridgehead atoms. The van der Waals surface area contributed by atoms with Crippen LogP contribution in [0.4, 0.5) is 0 Å². The van der Waals surface area contributed by atoms with Gasteiger partial charge >= 0.3 is 0 Å². The van der Waals surface area contributed by atoms with Gasteiger partial charge in [-0.2, -0.15) is 0 Å². The molecule has 72 valence electrons. The van der Waals surface area contributed by atoms with E-state index in [0.29, 0.717) is 5.56 Å². The molecule has 0 aliphatic rings. The van der Waals surface area contributed by atoms with E-state index in [1.165, 1.54) is 0 Å². The van der Waals surface area contributed by atoms with Gasteiger partial charge in [0.15, 0.2) is 0 Å². The summed E-state index contributed by atoms with van der Waals surface area (Å²) < 4.78 is -1.34. The lowest BCUT2D eigenvalue weighted by Crippen LogP contribution is -1.98. The van der Waals surface area contributed by atoms with Gasteiger partial charge in [-0.1, -0.05) is 71.2 Å². The summed E-state index contributed by atoms with van der Waals surface area (Å²) in [5, 5.41) is 2.22. The third-order valence-electron chi connectivity index (χ3n) is 2.08. The van der Waals surface area contributed by atoms with E-state index in [0.717, 1.165) is 10.8 Å². The van der Waals surface area contributed by atoms with Gasteiger partial charge in [-0.15, -0.1) is 0 Å². The molecule has 0 saturated carbocycles. The summed E-state index contributed by atoms with van der Waals surface area (Å²) in [6.45, 7) is 0. The molecule has 0 aliphatic carbocycles. The topological polar surface area (TPSA) is 0 Å². The molecule has 2 rings (SSSR count). The minimum Gasteiger partial charge on any atom is -0.0784 e. The van der Waals surface area contributed by atoms with Crippen molar-refractivity contribution in [2.75, 3.05) is 0 Å². The Kier molecular flexibility index (Phi) is 2.61. The Balaban J connectivity index is 2.63. The molecule has 0 saturated heterocycles. The van der Waals surface area contributed by atoms with Crippen LogP contribution in [0.25, 0.3) is 10.8 Å². The lowest BCUT2D eigenvalue weighted by Gasteiger charge is -2.11. The number of hydrogen-bond donors (Lipinski definition) is 0. The zero-order chi connectivity index (χ0) is 10.2. The Bertz CT molecular complexity index is 457. The first kappa shape index (κ1) is 10.1. The van der Waals surface area contributed by atoms with Gasteiger partial charge in [0, 0.05) is 5.56 Å². The first-order chi connectivity index (χ1) is 6.57. The van der Waals surface area contributed by atoms with Crippen LogP contribution in [0.2, 0.25) is 0 Å². The molecule has 2 aromatic rings. The Morgan fingerprint density at radius 1 is 0.786 bits per heavy atom. The number of fused-ring (bicyclic) bond motifs is 1. The van der Waals surface area contributed by atoms with E-state index in [4.69, 9.17) is 34.8 Å². The van der Waals surface area contributed by atoms with Gasteiger partial charge in [-0.05, 0) is 16.8 Å². The fraction of sp³-hybridized carbons (Fsp3) is 0.0909. The molecule has 0 nitrogen and oxygen atoms in total. The van der Waals surface area contributed by atoms with E-state index < -0.39 is 3.79 Å². The highest BCUT2D eigenvalue weighted by Gasteiger charge is 2.22. The number of halogens is 3. The molecule has 2 aromatic carbocycles. The maximum atomic E-state index is 5.79. The Morgan fingerprint density at radius 3 is 2.07 bits per heavy atom. The second-order valence-corrected chi connectivity index (χ2v) is 5.34. The van der Waals surface area contributed by atoms with Crippen molar-refractivity contribution in [3.05, 3.63) is 48.0 Å². The summed E-state index contributed by atoms with van der Waals surface area (Å²) in [6.07, 6.45) is 0. The molecular weight excluding hydrogens is 238 g/mol. The van der Waals surface area contributed by atoms with Crippen molar-refractivity contribution in [2.24, 2.45) is 0 Å². The van der Waals surface area contributed by atoms with Gasteiger partial charge in [0.25, 0.3) is 0 Å². The minimum absolute atomic E-state index is 0.696. The van der Waals surface area contributed by atoms with Crippen molar-refractivity contribution < 1.29 is 0 Å². The minimum atomic E-state index is -1.34. The number of hydrogen-bond acceptors (Lipinski definition) is 0. The highest BCUT2D eigenvalue weighted by atomic mass is 35.6. The van der Waals surface area contributed by atoms with E-state index >= 15 is 0 Å². The number of benzene rings is 2. The largest absolute Gasteiger partial charge is 0.216 e. The Morgan fingerprint density at radius 2 is 1.43 bits per heavy atom. The van der Waals surface area contributed by atoms with Crippen molar-refractivity contribution in [3.8, 4) is 0 Å². The molecule has 0 fully saturated rings. The first-order valence-electron chi connectivity index (χ1n) is 4.13. The fourth-order valence-electron chi connectivity index (χ4n) is 1.37. The van der Waals surface area contributed by atoms with E-state index in [1.807, 2.05) is 42.5 Å². The standard InChI is InChI=1S/C11H7Cl3/c12-11(13,14)10-6-5-8-3-1-2-4-9(8)7-10/h1-7H. The molecule has 0 radical (unpaired) electrons. The van der Waals surface area contributed by atoms with Crippen LogP contribution in [0.1, 0.15) is 5.56 Å². The molecule has 0 N–H and O–H groups in total. The highest BCUT2D eigenvalue weighted by molar-refractivity contribution is 6.66. The third kappa shape index (κ3) is 1.98. The van der Waals surface area contributed by atoms with Gasteiger partial charge in [0.2, 0.25) is 3.79 Å². The van der Waals surface area contributed by atoms with Gasteiger partial charge in [0.1, 0.15) is 0 Å². The number of rotatable bonds is 0. The van der Waals surface area contributed by atoms with Gasteiger partial charge in [0.05, 0.1) is 0 Å². The van der Waals surface area contributed by atoms with Gasteiger partial charge in [-0.3, -0.25) is 0 Å². The van der Waals surface area contributed by atoms with Crippen molar-refractivity contribution in [1.29, 1.82) is 0 Å². The molecule has 3 heteroatoms. The highest BCUT2D eigenvalue weighted by Crippen LogP contribution is 2.39. The zero-order valence-corrected chi connectivity index (χ0v) is 9.44. The van der Waals surface area contributed by atoms with Crippen molar-refractivity contribution in [1.82, 2.24) is 0 Å². The molecule has 0 aromatic heterocycles. The van der Waals surface area contributed by atoms with Crippen LogP contribution in [-0.4, -0.2) is 0 Å². The Labute approximate surface area is 97.4 Å². The second kappa shape index (κ2) is 3.62. The van der Waals surface area contributed by atoms with Crippen LogP contribution < -0.4 is 0 Å². The van der Waals surface area contributed by atoms with Crippen LogP contribution in [0.3, 0.4) is 0 Å². The first-order valence-corrected chi connectivity index (χ1v) is 5.27. The predicted molar refractivity (Wildman–Crippen MR) is 63.2 cm³/mol. The lowest BCUT2D eigenvalue weighted by molar-refractivity contribution is 1.25. The summed E-state index contributed by atoms with van der Waals surface area (Å²) in [7, 11) is 0. The average molecular weight is 246 g/mol. The summed E-state index contributed by atoms with van der Waals surface area (Å²) in [5.41, 5.74) is 0.696. The molecule has 0 amide bonds. The zero-order valence-electron chi connectivity index (χ0n) is 7.18. The lowest BCUT2D eigenvalue weighted by atomic mass is 10.1. The van der Waals surface area contributed by atoms with Crippen molar-refractivity contribution >= 4 is 45.6 Å². The van der Waals surface area contributed by atoms with Crippen LogP contribution in [0, 0.1) is 0 Å². The Hall–Kier alpha value is -0.430. The predicted octanol–water partition coefficient (Wildman–Crippen LogP) is 4.67. The summed E-state index contributed by atoms with van der Waals surface area (Å²) in [5.74, 6) is 0. The molecule has 0 unspecified atom stereocenters. The van der Waals surface area contributed by atoms with Gasteiger partial charge in [-0.25, -0.2) is 0 Å². The fourth-order valence-corrected chi connectivity index (χ4v) is 1.72. The third-order valence-corrected chi connectivity index (χ3v) is 2.73. The number of alkyl halides is 3. The summed E-state index contributed by atoms with van der Waals surface area (Å²) in [4.78, 5) is 0. The normalized spacial score (nSPS) is 11.9. The molecule has 0 atom stereocenters. The molecule has 0 spiro atoms. The van der Waals surface area contributed by atoms with E-state index in [2.05, 4.69) is 0 Å². The second-order valence-electron chi connectivity index (χ2n) is 3.06. The van der Waals surface area contributed by atoms with Crippen molar-refractivity contribution in [2.45, 2.75) is 3.79 Å². The van der Waals surface area contributed by atoms with Gasteiger partial charge < -0.3 is 0 Å². The maximum absolute atomic E-state index is 5.79. The summed E-state index contributed by atoms with van der Waals surface area (Å²) >= 11 is 17.4. The molecule has 0 aliphatic heterocycles.